The molecular formula is C45H40N8+2. The molecule has 8 heteroatoms. The summed E-state index contributed by atoms with van der Waals surface area (Å²) in [6.07, 6.45) is 0. The Morgan fingerprint density at radius 3 is 1.34 bits per heavy atom. The van der Waals surface area contributed by atoms with E-state index in [2.05, 4.69) is 126 Å². The molecule has 53 heavy (non-hydrogen) atoms. The van der Waals surface area contributed by atoms with Gasteiger partial charge in [0, 0.05) is 0 Å². The molecule has 0 unspecified atom stereocenters. The van der Waals surface area contributed by atoms with Crippen LogP contribution in [0, 0.1) is 83.1 Å². The number of nitrogens with zero attached hydrogens (tertiary/aromatic N) is 8. The van der Waals surface area contributed by atoms with Gasteiger partial charge in [-0.1, -0.05) is 44.2 Å². The quantitative estimate of drug-likeness (QED) is 0.149. The summed E-state index contributed by atoms with van der Waals surface area (Å²) in [6.45, 7) is 26.9. The summed E-state index contributed by atoms with van der Waals surface area (Å²) in [4.78, 5) is 23.2. The first-order chi connectivity index (χ1) is 25.3. The van der Waals surface area contributed by atoms with Crippen LogP contribution in [0.15, 0.2) is 44.2 Å². The number of amidine groups is 4. The molecule has 2 aromatic heterocycles. The topological polar surface area (TPSA) is 65.3 Å². The zero-order valence-electron chi connectivity index (χ0n) is 32.4. The first kappa shape index (κ1) is 29.8. The highest BCUT2D eigenvalue weighted by Crippen LogP contribution is 2.55. The van der Waals surface area contributed by atoms with E-state index >= 15 is 0 Å². The SMILES string of the molecule is Cc1cc(C)c2c(c1C)C1=Nc3c4c(C)c(C)cc(C)c4c4n3[C@]35n6c(c7c(C)cc(C)c(C)c7c6=NC6=[N+]3C(=N4)c3c(C)c(C)cc(C)c36)=NC2=[N+]15. The highest BCUT2D eigenvalue weighted by atomic mass is 15.7. The van der Waals surface area contributed by atoms with Crippen LogP contribution in [-0.4, -0.2) is 41.6 Å². The smallest absolute Gasteiger partial charge is 0.192 e. The van der Waals surface area contributed by atoms with Gasteiger partial charge in [0.25, 0.3) is 23.3 Å². The molecule has 0 saturated carbocycles. The summed E-state index contributed by atoms with van der Waals surface area (Å²) in [5.74, 6) is 4.66. The van der Waals surface area contributed by atoms with Crippen LogP contribution >= 0.6 is 0 Å². The highest BCUT2D eigenvalue weighted by Gasteiger charge is 2.70. The molecule has 8 nitrogen and oxygen atoms in total. The number of aryl methyl sites for hydroxylation is 10. The first-order valence-corrected chi connectivity index (χ1v) is 18.8. The third-order valence-corrected chi connectivity index (χ3v) is 13.7. The van der Waals surface area contributed by atoms with Crippen LogP contribution in [0.5, 0.6) is 0 Å². The average Bonchev–Trinajstić information content (AvgIpc) is 3.83. The Bertz CT molecular complexity index is 3280. The Labute approximate surface area is 307 Å². The molecule has 0 radical (unpaired) electrons. The lowest BCUT2D eigenvalue weighted by Crippen LogP contribution is -2.71. The first-order valence-electron chi connectivity index (χ1n) is 18.8. The molecule has 0 saturated heterocycles. The van der Waals surface area contributed by atoms with Gasteiger partial charge in [0.15, 0.2) is 0 Å². The summed E-state index contributed by atoms with van der Waals surface area (Å²) in [5, 5.41) is 4.68. The van der Waals surface area contributed by atoms with Crippen molar-refractivity contribution >= 4 is 56.5 Å². The summed E-state index contributed by atoms with van der Waals surface area (Å²) in [5.41, 5.74) is 21.4. The second-order valence-electron chi connectivity index (χ2n) is 16.5. The summed E-state index contributed by atoms with van der Waals surface area (Å²) in [7, 11) is 0. The second-order valence-corrected chi connectivity index (χ2v) is 16.5. The van der Waals surface area contributed by atoms with E-state index in [4.69, 9.17) is 20.0 Å². The number of rotatable bonds is 0. The van der Waals surface area contributed by atoms with Gasteiger partial charge in [-0.05, 0) is 150 Å². The van der Waals surface area contributed by atoms with Crippen LogP contribution in [0.25, 0.3) is 21.5 Å². The van der Waals surface area contributed by atoms with Gasteiger partial charge in [-0.15, -0.1) is 9.15 Å². The average molecular weight is 693 g/mol. The monoisotopic (exact) mass is 692 g/mol. The Morgan fingerprint density at radius 2 is 0.811 bits per heavy atom. The largest absolute Gasteiger partial charge is 0.404 e. The fraction of sp³-hybridized carbons (Fsp3) is 0.289. The molecule has 1 spiro atoms. The minimum Gasteiger partial charge on any atom is -0.192 e. The third-order valence-electron chi connectivity index (χ3n) is 13.7. The predicted molar refractivity (Wildman–Crippen MR) is 210 cm³/mol. The fourth-order valence-corrected chi connectivity index (χ4v) is 10.9. The minimum absolute atomic E-state index is 0.942. The van der Waals surface area contributed by atoms with Gasteiger partial charge in [0.1, 0.15) is 0 Å². The minimum atomic E-state index is -1.01. The molecule has 8 heterocycles. The van der Waals surface area contributed by atoms with Crippen molar-refractivity contribution in [1.29, 1.82) is 0 Å². The number of hydrogen-bond donors (Lipinski definition) is 0. The van der Waals surface area contributed by atoms with Crippen molar-refractivity contribution in [1.82, 2.24) is 9.13 Å². The molecule has 0 aliphatic carbocycles. The van der Waals surface area contributed by atoms with Crippen molar-refractivity contribution in [2.45, 2.75) is 89.0 Å². The molecule has 1 atom stereocenters. The van der Waals surface area contributed by atoms with Crippen molar-refractivity contribution in [3.63, 3.8) is 0 Å². The summed E-state index contributed by atoms with van der Waals surface area (Å²) >= 11 is 0. The molecule has 0 amide bonds. The number of benzene rings is 4. The lowest BCUT2D eigenvalue weighted by Gasteiger charge is -2.40. The van der Waals surface area contributed by atoms with Crippen LogP contribution in [0.3, 0.4) is 0 Å². The van der Waals surface area contributed by atoms with Gasteiger partial charge in [-0.3, -0.25) is 0 Å². The number of hydrogen-bond acceptors (Lipinski definition) is 4. The van der Waals surface area contributed by atoms with Crippen LogP contribution in [0.2, 0.25) is 0 Å². The highest BCUT2D eigenvalue weighted by molar-refractivity contribution is 6.22. The maximum absolute atomic E-state index is 5.80. The predicted octanol–water partition coefficient (Wildman–Crippen LogP) is 7.41. The fourth-order valence-electron chi connectivity index (χ4n) is 10.9. The Morgan fingerprint density at radius 1 is 0.396 bits per heavy atom. The van der Waals surface area contributed by atoms with Crippen molar-refractivity contribution < 1.29 is 9.15 Å². The van der Waals surface area contributed by atoms with Crippen LogP contribution in [-0.2, 0) is 5.91 Å². The molecular weight excluding hydrogens is 653 g/mol. The second kappa shape index (κ2) is 8.71. The van der Waals surface area contributed by atoms with E-state index in [-0.39, 0.29) is 0 Å². The summed E-state index contributed by atoms with van der Waals surface area (Å²) in [6, 6.07) is 9.29. The number of aromatic nitrogens is 2. The van der Waals surface area contributed by atoms with Gasteiger partial charge in [0.05, 0.1) is 43.8 Å². The van der Waals surface area contributed by atoms with E-state index in [0.29, 0.717) is 0 Å². The van der Waals surface area contributed by atoms with Gasteiger partial charge in [0.2, 0.25) is 22.6 Å². The van der Waals surface area contributed by atoms with Gasteiger partial charge in [-0.2, -0.15) is 9.13 Å². The van der Waals surface area contributed by atoms with Crippen molar-refractivity contribution in [3.05, 3.63) is 124 Å². The zero-order chi connectivity index (χ0) is 36.6. The van der Waals surface area contributed by atoms with Crippen LogP contribution in [0.4, 0.5) is 11.6 Å². The van der Waals surface area contributed by atoms with E-state index in [9.17, 15) is 0 Å². The number of aliphatic imine (C=N–C) groups is 2. The molecule has 12 rings (SSSR count). The van der Waals surface area contributed by atoms with E-state index in [1.54, 1.807) is 0 Å². The van der Waals surface area contributed by atoms with Crippen molar-refractivity contribution in [2.75, 3.05) is 0 Å². The Kier molecular flexibility index (Phi) is 4.89. The van der Waals surface area contributed by atoms with Gasteiger partial charge >= 0.3 is 5.91 Å². The standard InChI is InChI=1S/C45H40N8/c1-17-13-21(5)29-33(25(17)9)41-47-39-31-23(7)15-18(2)26(10)34(31)42-48-40-32-24(8)16-20(4)28(12)36(32)44-49-43-35-27(11)19(3)14-22(6)30(35)38-46-37(29)50(41)45(51(38)43,52(39)42)53(40)44/h13-16H,1-12H3/q+2/t45-/m0/s1. The van der Waals surface area contributed by atoms with Crippen molar-refractivity contribution in [2.24, 2.45) is 20.0 Å². The van der Waals surface area contributed by atoms with E-state index < -0.39 is 5.91 Å². The molecule has 6 aliphatic heterocycles. The lowest BCUT2D eigenvalue weighted by molar-refractivity contribution is -0.790. The van der Waals surface area contributed by atoms with Crippen LogP contribution in [0.1, 0.15) is 89.0 Å². The molecule has 0 N–H and O–H groups in total. The summed E-state index contributed by atoms with van der Waals surface area (Å²) < 4.78 is 9.85. The van der Waals surface area contributed by atoms with Crippen LogP contribution < -0.4 is 11.0 Å². The maximum Gasteiger partial charge on any atom is 0.404 e. The Hall–Kier alpha value is -5.76. The molecule has 0 bridgehead atoms. The van der Waals surface area contributed by atoms with E-state index in [1.807, 2.05) is 0 Å². The van der Waals surface area contributed by atoms with Gasteiger partial charge in [-0.25, -0.2) is 0 Å². The molecule has 4 aromatic carbocycles. The molecule has 6 aliphatic rings. The molecule has 0 fully saturated rings. The van der Waals surface area contributed by atoms with E-state index in [0.717, 1.165) is 46.0 Å². The third kappa shape index (κ3) is 2.85. The molecule has 258 valence electrons. The Balaban J connectivity index is 1.46. The number of fused-ring (bicyclic) bond motifs is 12. The van der Waals surface area contributed by atoms with Gasteiger partial charge < -0.3 is 0 Å². The molecule has 6 aromatic rings. The zero-order valence-corrected chi connectivity index (χ0v) is 32.4. The van der Waals surface area contributed by atoms with E-state index in [1.165, 1.54) is 111 Å². The normalized spacial score (nSPS) is 19.0. The van der Waals surface area contributed by atoms with Crippen molar-refractivity contribution in [3.8, 4) is 0 Å². The lowest BCUT2D eigenvalue weighted by atomic mass is 9.93. The maximum atomic E-state index is 5.80.